The first-order valence-corrected chi connectivity index (χ1v) is 8.26. The molecule has 0 atom stereocenters. The maximum Gasteiger partial charge on any atom is 0.333 e. The highest BCUT2D eigenvalue weighted by atomic mass is 16.2. The number of imidazole rings is 1. The zero-order valence-electron chi connectivity index (χ0n) is 14.3. The number of aromatic nitrogens is 5. The largest absolute Gasteiger partial charge is 0.514 e. The van der Waals surface area contributed by atoms with Crippen LogP contribution in [0.3, 0.4) is 0 Å². The lowest BCUT2D eigenvalue weighted by molar-refractivity contribution is 0.466. The normalized spacial score (nSPS) is 12.3. The molecule has 0 saturated carbocycles. The van der Waals surface area contributed by atoms with Crippen molar-refractivity contribution in [3.05, 3.63) is 59.5 Å². The van der Waals surface area contributed by atoms with Crippen LogP contribution >= 0.6 is 0 Å². The lowest BCUT2D eigenvalue weighted by atomic mass is 10.1. The Balaban J connectivity index is 2.00. The summed E-state index contributed by atoms with van der Waals surface area (Å²) in [7, 11) is 0. The number of allylic oxidation sites excluding steroid dienone is 1. The molecule has 1 aromatic carbocycles. The quantitative estimate of drug-likeness (QED) is 0.554. The van der Waals surface area contributed by atoms with E-state index in [4.69, 9.17) is 0 Å². The minimum atomic E-state index is -0.384. The molecule has 2 N–H and O–H groups in total. The summed E-state index contributed by atoms with van der Waals surface area (Å²) in [4.78, 5) is 28.4. The molecule has 0 spiro atoms. The number of aliphatic hydroxyl groups excluding tert-OH is 1. The molecule has 130 valence electrons. The molecule has 7 heteroatoms. The van der Waals surface area contributed by atoms with E-state index in [0.29, 0.717) is 22.7 Å². The molecule has 3 aromatic heterocycles. The summed E-state index contributed by atoms with van der Waals surface area (Å²) < 4.78 is 1.36. The minimum Gasteiger partial charge on any atom is -0.514 e. The molecular weight excluding hydrogens is 330 g/mol. The van der Waals surface area contributed by atoms with Gasteiger partial charge in [0.05, 0.1) is 29.4 Å². The van der Waals surface area contributed by atoms with Gasteiger partial charge >= 0.3 is 5.69 Å². The van der Waals surface area contributed by atoms with Gasteiger partial charge in [-0.15, -0.1) is 0 Å². The van der Waals surface area contributed by atoms with Crippen molar-refractivity contribution < 1.29 is 5.11 Å². The molecule has 0 aliphatic carbocycles. The molecule has 26 heavy (non-hydrogen) atoms. The lowest BCUT2D eigenvalue weighted by Crippen LogP contribution is -2.19. The number of rotatable bonds is 3. The maximum atomic E-state index is 12.4. The predicted molar refractivity (Wildman–Crippen MR) is 101 cm³/mol. The molecule has 0 fully saturated rings. The van der Waals surface area contributed by atoms with E-state index in [0.717, 1.165) is 22.7 Å². The van der Waals surface area contributed by atoms with Crippen LogP contribution in [0.1, 0.15) is 13.8 Å². The Hall–Kier alpha value is -3.48. The van der Waals surface area contributed by atoms with Gasteiger partial charge in [-0.05, 0) is 18.1 Å². The van der Waals surface area contributed by atoms with Crippen molar-refractivity contribution in [1.29, 1.82) is 0 Å². The monoisotopic (exact) mass is 347 g/mol. The van der Waals surface area contributed by atoms with E-state index in [1.54, 1.807) is 12.4 Å². The minimum absolute atomic E-state index is 0.0658. The van der Waals surface area contributed by atoms with Crippen LogP contribution in [0.5, 0.6) is 0 Å². The smallest absolute Gasteiger partial charge is 0.333 e. The number of H-pyrrole nitrogens is 1. The summed E-state index contributed by atoms with van der Waals surface area (Å²) in [5.41, 5.74) is 3.18. The number of fused-ring (bicyclic) bond motifs is 2. The fraction of sp³-hybridized carbons (Fsp3) is 0.158. The number of hydrogen-bond acceptors (Lipinski definition) is 5. The standard InChI is InChI=1S/C19H17N5O2/c1-11(2)16(10-25)24-18-17(23-19(24)26)21-9-15(22-18)13-5-3-7-14-12(13)6-4-8-20-14/h3-11,25H,1-2H3,(H,21,23,26)/b16-10+. The Morgan fingerprint density at radius 1 is 1.23 bits per heavy atom. The number of pyridine rings is 1. The Morgan fingerprint density at radius 3 is 2.85 bits per heavy atom. The van der Waals surface area contributed by atoms with E-state index >= 15 is 0 Å². The Labute approximate surface area is 148 Å². The average Bonchev–Trinajstić information content (AvgIpc) is 2.97. The zero-order valence-corrected chi connectivity index (χ0v) is 14.3. The fourth-order valence-corrected chi connectivity index (χ4v) is 3.04. The second-order valence-electron chi connectivity index (χ2n) is 6.28. The number of aromatic amines is 1. The van der Waals surface area contributed by atoms with Crippen LogP contribution in [0, 0.1) is 5.92 Å². The maximum absolute atomic E-state index is 12.4. The first-order valence-electron chi connectivity index (χ1n) is 8.26. The van der Waals surface area contributed by atoms with Gasteiger partial charge in [0.25, 0.3) is 0 Å². The first kappa shape index (κ1) is 16.0. The third-order valence-electron chi connectivity index (χ3n) is 4.30. The number of hydrogen-bond donors (Lipinski definition) is 2. The number of aliphatic hydroxyl groups is 1. The Bertz CT molecular complexity index is 1200. The first-order chi connectivity index (χ1) is 12.6. The van der Waals surface area contributed by atoms with Crippen LogP contribution in [0.15, 0.2) is 53.8 Å². The molecule has 0 aliphatic heterocycles. The van der Waals surface area contributed by atoms with Crippen LogP contribution in [-0.4, -0.2) is 29.6 Å². The van der Waals surface area contributed by atoms with Gasteiger partial charge in [-0.3, -0.25) is 9.97 Å². The van der Waals surface area contributed by atoms with Gasteiger partial charge in [0, 0.05) is 17.1 Å². The van der Waals surface area contributed by atoms with Crippen molar-refractivity contribution in [3.8, 4) is 11.3 Å². The molecule has 7 nitrogen and oxygen atoms in total. The second kappa shape index (κ2) is 6.11. The number of benzene rings is 1. The molecule has 0 saturated heterocycles. The zero-order chi connectivity index (χ0) is 18.3. The van der Waals surface area contributed by atoms with Crippen molar-refractivity contribution in [3.63, 3.8) is 0 Å². The topological polar surface area (TPSA) is 96.7 Å². The van der Waals surface area contributed by atoms with Crippen LogP contribution in [-0.2, 0) is 0 Å². The van der Waals surface area contributed by atoms with Gasteiger partial charge in [-0.25, -0.2) is 19.3 Å². The van der Waals surface area contributed by atoms with Gasteiger partial charge in [0.15, 0.2) is 11.3 Å². The summed E-state index contributed by atoms with van der Waals surface area (Å²) >= 11 is 0. The highest BCUT2D eigenvalue weighted by Crippen LogP contribution is 2.27. The van der Waals surface area contributed by atoms with Crippen LogP contribution in [0.4, 0.5) is 0 Å². The van der Waals surface area contributed by atoms with Gasteiger partial charge in [-0.2, -0.15) is 0 Å². The molecular formula is C19H17N5O2. The number of nitrogens with one attached hydrogen (secondary N) is 1. The van der Waals surface area contributed by atoms with E-state index < -0.39 is 0 Å². The fourth-order valence-electron chi connectivity index (χ4n) is 3.04. The van der Waals surface area contributed by atoms with E-state index in [-0.39, 0.29) is 11.6 Å². The molecule has 0 aliphatic rings. The molecule has 0 unspecified atom stereocenters. The van der Waals surface area contributed by atoms with Gasteiger partial charge in [-0.1, -0.05) is 32.0 Å². The van der Waals surface area contributed by atoms with E-state index in [1.165, 1.54) is 4.57 Å². The second-order valence-corrected chi connectivity index (χ2v) is 6.28. The predicted octanol–water partition coefficient (Wildman–Crippen LogP) is 3.35. The highest BCUT2D eigenvalue weighted by Gasteiger charge is 2.17. The molecule has 4 aromatic rings. The van der Waals surface area contributed by atoms with Crippen molar-refractivity contribution in [2.45, 2.75) is 13.8 Å². The van der Waals surface area contributed by atoms with Gasteiger partial charge in [0.2, 0.25) is 0 Å². The number of nitrogens with zero attached hydrogens (tertiary/aromatic N) is 4. The molecule has 4 rings (SSSR count). The molecule has 3 heterocycles. The lowest BCUT2D eigenvalue weighted by Gasteiger charge is -2.11. The van der Waals surface area contributed by atoms with E-state index in [9.17, 15) is 9.90 Å². The van der Waals surface area contributed by atoms with Crippen molar-refractivity contribution in [2.24, 2.45) is 5.92 Å². The Morgan fingerprint density at radius 2 is 2.08 bits per heavy atom. The summed E-state index contributed by atoms with van der Waals surface area (Å²) in [5.74, 6) is -0.0658. The molecule has 0 bridgehead atoms. The van der Waals surface area contributed by atoms with Crippen molar-refractivity contribution in [1.82, 2.24) is 24.5 Å². The van der Waals surface area contributed by atoms with Crippen molar-refractivity contribution >= 4 is 27.9 Å². The summed E-state index contributed by atoms with van der Waals surface area (Å²) in [6, 6.07) is 9.63. The average molecular weight is 347 g/mol. The third-order valence-corrected chi connectivity index (χ3v) is 4.30. The van der Waals surface area contributed by atoms with Crippen LogP contribution in [0.25, 0.3) is 39.2 Å². The summed E-state index contributed by atoms with van der Waals surface area (Å²) in [6.45, 7) is 3.78. The van der Waals surface area contributed by atoms with Crippen LogP contribution < -0.4 is 5.69 Å². The third kappa shape index (κ3) is 2.45. The molecule has 0 amide bonds. The SMILES string of the molecule is CC(C)/C(=C\O)n1c(=O)[nH]c2ncc(-c3cccc4ncccc34)nc21. The van der Waals surface area contributed by atoms with Crippen molar-refractivity contribution in [2.75, 3.05) is 0 Å². The van der Waals surface area contributed by atoms with Gasteiger partial charge in [0.1, 0.15) is 0 Å². The summed E-state index contributed by atoms with van der Waals surface area (Å²) in [5, 5.41) is 10.5. The highest BCUT2D eigenvalue weighted by molar-refractivity contribution is 5.94. The summed E-state index contributed by atoms with van der Waals surface area (Å²) in [6.07, 6.45) is 4.31. The van der Waals surface area contributed by atoms with Gasteiger partial charge < -0.3 is 5.11 Å². The Kier molecular flexibility index (Phi) is 3.76. The van der Waals surface area contributed by atoms with E-state index in [1.807, 2.05) is 44.2 Å². The molecule has 0 radical (unpaired) electrons. The van der Waals surface area contributed by atoms with E-state index in [2.05, 4.69) is 19.9 Å². The van der Waals surface area contributed by atoms with Crippen LogP contribution in [0.2, 0.25) is 0 Å².